The van der Waals surface area contributed by atoms with E-state index in [4.69, 9.17) is 11.3 Å². The molecule has 5 atom stereocenters. The van der Waals surface area contributed by atoms with Gasteiger partial charge < -0.3 is 9.84 Å². The average Bonchev–Trinajstić information content (AvgIpc) is 3.01. The van der Waals surface area contributed by atoms with Gasteiger partial charge in [-0.15, -0.1) is 0 Å². The minimum absolute atomic E-state index is 0.283. The average molecular weight is 438 g/mol. The molecule has 24 heavy (non-hydrogen) atoms. The number of benzene rings is 1. The number of rotatable bonds is 1. The first-order valence-electron chi connectivity index (χ1n) is 7.66. The normalized spacial score (nSPS) is 40.1. The Labute approximate surface area is 152 Å². The molecule has 0 aromatic heterocycles. The van der Waals surface area contributed by atoms with Gasteiger partial charge in [0.15, 0.2) is 5.69 Å². The lowest BCUT2D eigenvalue weighted by atomic mass is 9.67. The summed E-state index contributed by atoms with van der Waals surface area (Å²) in [6, 6.07) is 4.91. The van der Waals surface area contributed by atoms with Crippen LogP contribution in [-0.2, 0) is 14.3 Å². The Bertz CT molecular complexity index is 834. The molecular weight excluding hydrogens is 423 g/mol. The molecule has 2 bridgehead atoms. The number of carbonyl (C=O) groups excluding carboxylic acids is 2. The first kappa shape index (κ1) is 16.0. The van der Waals surface area contributed by atoms with Gasteiger partial charge in [0.25, 0.3) is 0 Å². The molecule has 2 amide bonds. The number of fused-ring (bicyclic) bond motifs is 5. The molecule has 124 valence electrons. The number of imide groups is 1. The molecule has 3 saturated heterocycles. The highest BCUT2D eigenvalue weighted by Gasteiger charge is 2.75. The number of amides is 2. The second-order valence-corrected chi connectivity index (χ2v) is 8.20. The van der Waals surface area contributed by atoms with Crippen molar-refractivity contribution < 1.29 is 19.4 Å². The van der Waals surface area contributed by atoms with E-state index in [1.165, 1.54) is 4.90 Å². The van der Waals surface area contributed by atoms with E-state index in [1.807, 2.05) is 22.6 Å². The van der Waals surface area contributed by atoms with Gasteiger partial charge in [-0.2, -0.15) is 0 Å². The van der Waals surface area contributed by atoms with Gasteiger partial charge in [0.1, 0.15) is 5.60 Å². The summed E-state index contributed by atoms with van der Waals surface area (Å²) in [5, 5.41) is 10.3. The summed E-state index contributed by atoms with van der Waals surface area (Å²) in [5.41, 5.74) is -0.886. The third kappa shape index (κ3) is 1.76. The highest BCUT2D eigenvalue weighted by Crippen LogP contribution is 2.61. The fourth-order valence-corrected chi connectivity index (χ4v) is 5.12. The Morgan fingerprint density at radius 3 is 2.62 bits per heavy atom. The first-order chi connectivity index (χ1) is 11.2. The third-order valence-corrected chi connectivity index (χ3v) is 6.47. The summed E-state index contributed by atoms with van der Waals surface area (Å²) in [5.74, 6) is -1.86. The zero-order chi connectivity index (χ0) is 17.4. The van der Waals surface area contributed by atoms with Crippen LogP contribution >= 0.6 is 22.6 Å². The molecule has 4 rings (SSSR count). The monoisotopic (exact) mass is 438 g/mol. The van der Waals surface area contributed by atoms with Gasteiger partial charge in [0, 0.05) is 9.99 Å². The Morgan fingerprint density at radius 2 is 2.00 bits per heavy atom. The van der Waals surface area contributed by atoms with Crippen LogP contribution in [0.1, 0.15) is 20.3 Å². The van der Waals surface area contributed by atoms with Gasteiger partial charge in [-0.3, -0.25) is 9.59 Å². The Kier molecular flexibility index (Phi) is 3.18. The summed E-state index contributed by atoms with van der Waals surface area (Å²) in [6.45, 7) is 10.6. The number of ether oxygens (including phenoxy) is 1. The molecule has 1 aromatic rings. The smallest absolute Gasteiger partial charge is 0.240 e. The fraction of sp³-hybridized carbons (Fsp3) is 0.471. The molecule has 3 heterocycles. The van der Waals surface area contributed by atoms with Gasteiger partial charge in [0.2, 0.25) is 11.8 Å². The molecule has 2 unspecified atom stereocenters. The number of anilines is 1. The van der Waals surface area contributed by atoms with E-state index < -0.39 is 29.1 Å². The lowest BCUT2D eigenvalue weighted by molar-refractivity contribution is -0.132. The molecule has 0 radical (unpaired) electrons. The van der Waals surface area contributed by atoms with Crippen LogP contribution < -0.4 is 4.90 Å². The Morgan fingerprint density at radius 1 is 1.33 bits per heavy atom. The fourth-order valence-electron chi connectivity index (χ4n) is 4.50. The van der Waals surface area contributed by atoms with Crippen molar-refractivity contribution in [1.82, 2.24) is 0 Å². The lowest BCUT2D eigenvalue weighted by Gasteiger charge is -2.31. The van der Waals surface area contributed by atoms with Gasteiger partial charge in [-0.25, -0.2) is 9.74 Å². The molecule has 0 spiro atoms. The molecule has 1 aromatic carbocycles. The van der Waals surface area contributed by atoms with E-state index in [9.17, 15) is 14.7 Å². The molecule has 0 aliphatic carbocycles. The minimum atomic E-state index is -1.02. The summed E-state index contributed by atoms with van der Waals surface area (Å²) in [4.78, 5) is 30.6. The summed E-state index contributed by atoms with van der Waals surface area (Å²) in [6.07, 6.45) is -0.406. The van der Waals surface area contributed by atoms with Gasteiger partial charge in [-0.05, 0) is 26.0 Å². The lowest BCUT2D eigenvalue weighted by Crippen LogP contribution is -2.49. The van der Waals surface area contributed by atoms with Gasteiger partial charge in [0.05, 0.1) is 35.8 Å². The van der Waals surface area contributed by atoms with Crippen LogP contribution in [0.25, 0.3) is 4.85 Å². The van der Waals surface area contributed by atoms with Crippen LogP contribution in [0, 0.1) is 22.0 Å². The van der Waals surface area contributed by atoms with Crippen LogP contribution in [0.4, 0.5) is 11.4 Å². The predicted octanol–water partition coefficient (Wildman–Crippen LogP) is 2.26. The van der Waals surface area contributed by atoms with Crippen molar-refractivity contribution in [3.8, 4) is 0 Å². The van der Waals surface area contributed by atoms with Crippen LogP contribution in [0.3, 0.4) is 0 Å². The van der Waals surface area contributed by atoms with E-state index in [-0.39, 0.29) is 11.8 Å². The largest absolute Gasteiger partial charge is 0.390 e. The number of hydrogen-bond donors (Lipinski definition) is 1. The van der Waals surface area contributed by atoms with Crippen molar-refractivity contribution in [2.24, 2.45) is 11.8 Å². The van der Waals surface area contributed by atoms with Gasteiger partial charge >= 0.3 is 0 Å². The Hall–Kier alpha value is -1.50. The van der Waals surface area contributed by atoms with Crippen molar-refractivity contribution in [2.45, 2.75) is 37.6 Å². The van der Waals surface area contributed by atoms with E-state index >= 15 is 0 Å². The highest BCUT2D eigenvalue weighted by molar-refractivity contribution is 14.1. The van der Waals surface area contributed by atoms with Crippen molar-refractivity contribution in [2.75, 3.05) is 4.90 Å². The molecule has 1 N–H and O–H groups in total. The van der Waals surface area contributed by atoms with Crippen molar-refractivity contribution in [3.05, 3.63) is 33.2 Å². The van der Waals surface area contributed by atoms with E-state index in [0.717, 1.165) is 0 Å². The number of aliphatic hydroxyl groups excluding tert-OH is 1. The second kappa shape index (κ2) is 4.77. The third-order valence-electron chi connectivity index (χ3n) is 5.60. The number of nitrogens with zero attached hydrogens (tertiary/aromatic N) is 2. The zero-order valence-corrected chi connectivity index (χ0v) is 15.3. The molecule has 3 fully saturated rings. The maximum absolute atomic E-state index is 13.0. The molecule has 6 nitrogen and oxygen atoms in total. The maximum atomic E-state index is 13.0. The van der Waals surface area contributed by atoms with Crippen LogP contribution in [0.5, 0.6) is 0 Å². The number of halogens is 1. The van der Waals surface area contributed by atoms with Gasteiger partial charge in [-0.1, -0.05) is 28.7 Å². The predicted molar refractivity (Wildman–Crippen MR) is 93.4 cm³/mol. The van der Waals surface area contributed by atoms with E-state index in [1.54, 1.807) is 32.0 Å². The number of hydrogen-bond acceptors (Lipinski definition) is 4. The molecule has 3 aliphatic rings. The summed E-state index contributed by atoms with van der Waals surface area (Å²) in [7, 11) is 0. The van der Waals surface area contributed by atoms with E-state index in [0.29, 0.717) is 21.4 Å². The molecule has 7 heteroatoms. The molecule has 3 aliphatic heterocycles. The topological polar surface area (TPSA) is 71.2 Å². The van der Waals surface area contributed by atoms with Crippen molar-refractivity contribution in [3.63, 3.8) is 0 Å². The SMILES string of the molecule is [C-]#[N+]c1ccc(N2C(=O)[C@@H]3[C@H](C2=O)C2(C)C[C@H](O)C3(C)O2)cc1I. The van der Waals surface area contributed by atoms with Crippen LogP contribution in [0.15, 0.2) is 18.2 Å². The molecular formula is C17H15IN2O4. The quantitative estimate of drug-likeness (QED) is 0.415. The van der Waals surface area contributed by atoms with E-state index in [2.05, 4.69) is 4.85 Å². The minimum Gasteiger partial charge on any atom is -0.390 e. The standard InChI is InChI=1S/C17H15IN2O4/c1-16-7-11(21)17(2,24-16)13-12(16)14(22)20(15(13)23)8-4-5-10(19-3)9(18)6-8/h4-6,11-13,21H,7H2,1-2H3/t11-,12+,13-,16?,17?/m0/s1. The Balaban J connectivity index is 1.79. The number of aliphatic hydroxyl groups is 1. The first-order valence-corrected chi connectivity index (χ1v) is 8.74. The van der Waals surface area contributed by atoms with Crippen molar-refractivity contribution >= 4 is 45.8 Å². The number of carbonyl (C=O) groups is 2. The zero-order valence-electron chi connectivity index (χ0n) is 13.1. The summed E-state index contributed by atoms with van der Waals surface area (Å²) < 4.78 is 6.64. The summed E-state index contributed by atoms with van der Waals surface area (Å²) >= 11 is 2.02. The maximum Gasteiger partial charge on any atom is 0.240 e. The van der Waals surface area contributed by atoms with Crippen LogP contribution in [-0.4, -0.2) is 34.2 Å². The second-order valence-electron chi connectivity index (χ2n) is 7.03. The molecule has 0 saturated carbocycles. The van der Waals surface area contributed by atoms with Crippen LogP contribution in [0.2, 0.25) is 0 Å². The highest BCUT2D eigenvalue weighted by atomic mass is 127. The van der Waals surface area contributed by atoms with Crippen molar-refractivity contribution in [1.29, 1.82) is 0 Å².